The van der Waals surface area contributed by atoms with Crippen molar-refractivity contribution in [2.45, 2.75) is 45.8 Å². The normalized spacial score (nSPS) is 16.1. The smallest absolute Gasteiger partial charge is 0.278 e. The number of anilines is 2. The van der Waals surface area contributed by atoms with E-state index in [-0.39, 0.29) is 18.0 Å². The van der Waals surface area contributed by atoms with E-state index in [0.717, 1.165) is 29.7 Å². The van der Waals surface area contributed by atoms with Crippen molar-refractivity contribution in [1.82, 2.24) is 29.2 Å². The third-order valence-corrected chi connectivity index (χ3v) is 6.94. The number of allylic oxidation sites excluding steroid dienone is 1. The summed E-state index contributed by atoms with van der Waals surface area (Å²) in [5, 5.41) is 14.1. The van der Waals surface area contributed by atoms with Gasteiger partial charge in [0.05, 0.1) is 12.2 Å². The summed E-state index contributed by atoms with van der Waals surface area (Å²) in [5.74, 6) is 7.49. The van der Waals surface area contributed by atoms with Crippen LogP contribution in [0.15, 0.2) is 60.0 Å². The Morgan fingerprint density at radius 3 is 2.75 bits per heavy atom. The minimum atomic E-state index is -2.04. The number of hydrogen-bond acceptors (Lipinski definition) is 7. The topological polar surface area (TPSA) is 101 Å². The van der Waals surface area contributed by atoms with E-state index < -0.39 is 12.6 Å². The van der Waals surface area contributed by atoms with Crippen LogP contribution in [0.4, 0.5) is 11.6 Å². The summed E-state index contributed by atoms with van der Waals surface area (Å²) in [6, 6.07) is 11.0. The highest BCUT2D eigenvalue weighted by atomic mass is 16.3. The van der Waals surface area contributed by atoms with Gasteiger partial charge in [0.1, 0.15) is 11.0 Å². The van der Waals surface area contributed by atoms with E-state index >= 15 is 0 Å². The van der Waals surface area contributed by atoms with E-state index in [1.54, 1.807) is 42.8 Å². The molecular weight excluding hydrogens is 502 g/mol. The van der Waals surface area contributed by atoms with Crippen molar-refractivity contribution in [3.05, 3.63) is 82.4 Å². The fraction of sp³-hybridized carbons (Fsp3) is 0.355. The van der Waals surface area contributed by atoms with Gasteiger partial charge in [0.25, 0.3) is 5.56 Å². The van der Waals surface area contributed by atoms with Crippen LogP contribution in [0.2, 0.25) is 0 Å². The van der Waals surface area contributed by atoms with Crippen LogP contribution in [0.3, 0.4) is 0 Å². The molecule has 9 heteroatoms. The van der Waals surface area contributed by atoms with Crippen LogP contribution >= 0.6 is 0 Å². The van der Waals surface area contributed by atoms with Gasteiger partial charge >= 0.3 is 0 Å². The number of aryl methyl sites for hydroxylation is 1. The number of nitrogens with one attached hydrogen (secondary N) is 1. The molecule has 0 bridgehead atoms. The molecule has 5 rings (SSSR count). The van der Waals surface area contributed by atoms with Crippen molar-refractivity contribution in [3.63, 3.8) is 0 Å². The molecule has 1 aliphatic rings. The van der Waals surface area contributed by atoms with Gasteiger partial charge in [0, 0.05) is 27.5 Å². The predicted octanol–water partition coefficient (Wildman–Crippen LogP) is 4.14. The Bertz CT molecular complexity index is 1780. The van der Waals surface area contributed by atoms with Crippen molar-refractivity contribution >= 4 is 22.7 Å². The maximum absolute atomic E-state index is 13.3. The van der Waals surface area contributed by atoms with E-state index in [1.165, 1.54) is 15.8 Å². The molecule has 0 aliphatic carbocycles. The number of hydrogen-bond donors (Lipinski definition) is 2. The van der Waals surface area contributed by atoms with Crippen LogP contribution < -0.4 is 10.9 Å². The molecule has 1 aliphatic heterocycles. The number of rotatable bonds is 6. The first kappa shape index (κ1) is 23.6. The first-order valence-electron chi connectivity index (χ1n) is 14.8. The fourth-order valence-electron chi connectivity index (χ4n) is 4.70. The minimum Gasteiger partial charge on any atom is -0.384 e. The number of aliphatic hydroxyl groups is 1. The molecule has 0 unspecified atom stereocenters. The molecule has 4 heterocycles. The molecule has 0 saturated carbocycles. The average Bonchev–Trinajstić information content (AvgIpc) is 3.22. The van der Waals surface area contributed by atoms with Gasteiger partial charge in [-0.1, -0.05) is 24.0 Å². The zero-order valence-electron chi connectivity index (χ0n) is 26.0. The Kier molecular flexibility index (Phi) is 6.54. The first-order chi connectivity index (χ1) is 20.3. The van der Waals surface area contributed by atoms with Gasteiger partial charge in [-0.3, -0.25) is 4.79 Å². The first-order valence-corrected chi connectivity index (χ1v) is 13.3. The number of benzene rings is 1. The molecule has 0 amide bonds. The summed E-state index contributed by atoms with van der Waals surface area (Å²) in [5.41, 5.74) is 2.00. The number of pyridine rings is 1. The van der Waals surface area contributed by atoms with Crippen molar-refractivity contribution < 1.29 is 9.22 Å². The van der Waals surface area contributed by atoms with Gasteiger partial charge in [0.2, 0.25) is 5.95 Å². The van der Waals surface area contributed by atoms with Crippen LogP contribution in [-0.2, 0) is 12.1 Å². The van der Waals surface area contributed by atoms with E-state index in [9.17, 15) is 9.90 Å². The number of nitrogens with zero attached hydrogens (tertiary/aromatic N) is 6. The van der Waals surface area contributed by atoms with Crippen molar-refractivity contribution in [1.29, 1.82) is 0 Å². The second-order valence-electron chi connectivity index (χ2n) is 10.5. The third-order valence-electron chi connectivity index (χ3n) is 6.94. The monoisotopic (exact) mass is 540 g/mol. The average molecular weight is 541 g/mol. The lowest BCUT2D eigenvalue weighted by Gasteiger charge is -2.25. The highest BCUT2D eigenvalue weighted by Gasteiger charge is 2.22. The molecule has 9 nitrogen and oxygen atoms in total. The lowest BCUT2D eigenvalue weighted by atomic mass is 9.97. The fourth-order valence-corrected chi connectivity index (χ4v) is 4.70. The molecule has 3 aromatic heterocycles. The lowest BCUT2D eigenvalue weighted by molar-refractivity contribution is 0.0738. The second kappa shape index (κ2) is 11.1. The van der Waals surface area contributed by atoms with Crippen molar-refractivity contribution in [2.75, 3.05) is 25.4 Å². The number of likely N-dealkylation sites (tertiary alicyclic amines) is 1. The highest BCUT2D eigenvalue weighted by Crippen LogP contribution is 2.23. The molecule has 1 aromatic carbocycles. The van der Waals surface area contributed by atoms with Crippen LogP contribution in [0.5, 0.6) is 0 Å². The highest BCUT2D eigenvalue weighted by molar-refractivity contribution is 5.77. The number of aromatic nitrogens is 5. The second-order valence-corrected chi connectivity index (χ2v) is 10.5. The van der Waals surface area contributed by atoms with Gasteiger partial charge < -0.3 is 15.3 Å². The molecule has 2 N–H and O–H groups in total. The van der Waals surface area contributed by atoms with Crippen LogP contribution in [0.25, 0.3) is 16.9 Å². The molecule has 206 valence electrons. The van der Waals surface area contributed by atoms with E-state index in [1.807, 2.05) is 25.1 Å². The lowest BCUT2D eigenvalue weighted by Crippen LogP contribution is -2.29. The maximum Gasteiger partial charge on any atom is 0.278 e. The van der Waals surface area contributed by atoms with Gasteiger partial charge in [-0.05, 0) is 89.6 Å². The van der Waals surface area contributed by atoms with Crippen LogP contribution in [0, 0.1) is 24.7 Å². The quantitative estimate of drug-likeness (QED) is 0.280. The van der Waals surface area contributed by atoms with Gasteiger partial charge in [-0.15, -0.1) is 6.58 Å². The number of fused-ring (bicyclic) bond motifs is 1. The van der Waals surface area contributed by atoms with Gasteiger partial charge in [-0.25, -0.2) is 19.3 Å². The van der Waals surface area contributed by atoms with Crippen molar-refractivity contribution in [2.24, 2.45) is 5.92 Å². The number of piperidine rings is 1. The van der Waals surface area contributed by atoms with E-state index in [4.69, 9.17) is 4.11 Å². The Balaban J connectivity index is 1.41. The largest absolute Gasteiger partial charge is 0.384 e. The maximum atomic E-state index is 13.3. The molecule has 1 fully saturated rings. The molecular formula is C31H35N7O2. The molecule has 0 atom stereocenters. The third kappa shape index (κ3) is 5.69. The van der Waals surface area contributed by atoms with Gasteiger partial charge in [0.15, 0.2) is 11.5 Å². The Morgan fingerprint density at radius 1 is 1.25 bits per heavy atom. The summed E-state index contributed by atoms with van der Waals surface area (Å²) in [6.07, 6.45) is 4.59. The molecule has 0 spiro atoms. The van der Waals surface area contributed by atoms with E-state index in [0.29, 0.717) is 41.6 Å². The summed E-state index contributed by atoms with van der Waals surface area (Å²) >= 11 is 0. The Labute approximate surface area is 238 Å². The molecule has 1 saturated heterocycles. The summed E-state index contributed by atoms with van der Waals surface area (Å²) in [4.78, 5) is 28.5. The summed E-state index contributed by atoms with van der Waals surface area (Å²) in [6.45, 7) is 8.29. The van der Waals surface area contributed by atoms with Crippen molar-refractivity contribution in [3.8, 4) is 17.7 Å². The summed E-state index contributed by atoms with van der Waals surface area (Å²) < 4.78 is 25.8. The van der Waals surface area contributed by atoms with Crippen LogP contribution in [-0.4, -0.2) is 54.4 Å². The van der Waals surface area contributed by atoms with Gasteiger partial charge in [-0.2, -0.15) is 4.98 Å². The Hall–Kier alpha value is -4.26. The molecule has 40 heavy (non-hydrogen) atoms. The predicted molar refractivity (Wildman–Crippen MR) is 158 cm³/mol. The molecule has 0 radical (unpaired) electrons. The zero-order chi connectivity index (χ0) is 30.9. The Morgan fingerprint density at radius 2 is 2.05 bits per heavy atom. The SMILES string of the molecule is [2H]C([2H])([2H])N1CCC(C#Cc2ccc(Nc3ncc4c(=O)n(CC=C)n(-c5cccc(C(C)(C)O)n5)c4n3)cc2C)CC1. The minimum absolute atomic E-state index is 0.167. The standard InChI is InChI=1S/C31H35N7O2/c1-6-16-37-29(39)25-20-32-30(35-28(25)38(37)27-9-7-8-26(34-27)31(3,4)40)33-24-13-12-23(21(2)19-24)11-10-22-14-17-36(5)18-15-22/h6-9,12-13,19-20,22,40H,1,14-18H2,2-5H3,(H,32,33,35)/i5D3. The molecule has 4 aromatic rings. The summed E-state index contributed by atoms with van der Waals surface area (Å²) in [7, 11) is 0. The zero-order valence-corrected chi connectivity index (χ0v) is 23.0. The van der Waals surface area contributed by atoms with E-state index in [2.05, 4.69) is 38.7 Å². The van der Waals surface area contributed by atoms with Crippen LogP contribution in [0.1, 0.15) is 47.6 Å².